The van der Waals surface area contributed by atoms with Gasteiger partial charge >= 0.3 is 0 Å². The Kier molecular flexibility index (Phi) is 9.14. The van der Waals surface area contributed by atoms with Crippen molar-refractivity contribution < 1.29 is 9.52 Å². The van der Waals surface area contributed by atoms with Crippen molar-refractivity contribution in [2.75, 3.05) is 0 Å². The number of rotatable bonds is 13. The molecule has 0 aliphatic heterocycles. The number of aryl methyl sites for hydroxylation is 2. The molecule has 35 heavy (non-hydrogen) atoms. The van der Waals surface area contributed by atoms with Crippen LogP contribution in [0, 0.1) is 0 Å². The molecule has 0 aliphatic rings. The molecule has 0 saturated carbocycles. The Labute approximate surface area is 210 Å². The van der Waals surface area contributed by atoms with Crippen LogP contribution >= 0.6 is 0 Å². The van der Waals surface area contributed by atoms with Gasteiger partial charge in [-0.25, -0.2) is 4.98 Å². The third kappa shape index (κ3) is 6.61. The number of benzene rings is 3. The Morgan fingerprint density at radius 3 is 1.97 bits per heavy atom. The molecular formula is C32H39NO2. The smallest absolute Gasteiger partial charge is 0.227 e. The van der Waals surface area contributed by atoms with Crippen LogP contribution in [0.2, 0.25) is 0 Å². The topological polar surface area (TPSA) is 46.3 Å². The van der Waals surface area contributed by atoms with Crippen molar-refractivity contribution in [3.05, 3.63) is 77.4 Å². The van der Waals surface area contributed by atoms with Gasteiger partial charge in [0.15, 0.2) is 5.58 Å². The Morgan fingerprint density at radius 1 is 0.686 bits per heavy atom. The lowest BCUT2D eigenvalue weighted by atomic mass is 9.92. The van der Waals surface area contributed by atoms with Gasteiger partial charge in [-0.05, 0) is 71.7 Å². The zero-order valence-electron chi connectivity index (χ0n) is 21.4. The van der Waals surface area contributed by atoms with E-state index in [-0.39, 0.29) is 6.61 Å². The molecule has 0 spiro atoms. The SMILES string of the molecule is CCCCCCc1cc(CCCCCC)cc(-c2ccccc2-c2nc3cc(CO)ccc3o2)c1. The fourth-order valence-corrected chi connectivity index (χ4v) is 4.83. The zero-order valence-corrected chi connectivity index (χ0v) is 21.4. The molecular weight excluding hydrogens is 430 g/mol. The molecule has 184 valence electrons. The minimum atomic E-state index is 0.000795. The maximum absolute atomic E-state index is 9.49. The summed E-state index contributed by atoms with van der Waals surface area (Å²) in [6, 6.07) is 21.3. The van der Waals surface area contributed by atoms with Gasteiger partial charge in [-0.15, -0.1) is 0 Å². The van der Waals surface area contributed by atoms with E-state index in [4.69, 9.17) is 9.40 Å². The summed E-state index contributed by atoms with van der Waals surface area (Å²) in [6.45, 7) is 4.53. The molecule has 1 aromatic heterocycles. The van der Waals surface area contributed by atoms with Gasteiger partial charge in [0.1, 0.15) is 5.52 Å². The van der Waals surface area contributed by atoms with Crippen molar-refractivity contribution in [3.63, 3.8) is 0 Å². The molecule has 4 aromatic rings. The van der Waals surface area contributed by atoms with Crippen molar-refractivity contribution in [2.45, 2.75) is 84.7 Å². The van der Waals surface area contributed by atoms with E-state index in [1.165, 1.54) is 68.1 Å². The highest BCUT2D eigenvalue weighted by atomic mass is 16.3. The second-order valence-corrected chi connectivity index (χ2v) is 9.68. The van der Waals surface area contributed by atoms with Crippen molar-refractivity contribution in [1.29, 1.82) is 0 Å². The number of hydrogen-bond acceptors (Lipinski definition) is 3. The van der Waals surface area contributed by atoms with Crippen LogP contribution in [-0.2, 0) is 19.4 Å². The zero-order chi connectivity index (χ0) is 24.5. The van der Waals surface area contributed by atoms with Gasteiger partial charge in [0.25, 0.3) is 0 Å². The molecule has 0 radical (unpaired) electrons. The second kappa shape index (κ2) is 12.7. The molecule has 4 rings (SSSR count). The summed E-state index contributed by atoms with van der Waals surface area (Å²) in [5.74, 6) is 0.628. The molecule has 1 heterocycles. The number of aromatic nitrogens is 1. The average Bonchev–Trinajstić information content (AvgIpc) is 3.32. The van der Waals surface area contributed by atoms with Crippen LogP contribution in [0.5, 0.6) is 0 Å². The van der Waals surface area contributed by atoms with E-state index >= 15 is 0 Å². The first-order chi connectivity index (χ1) is 17.2. The minimum absolute atomic E-state index is 0.000795. The Balaban J connectivity index is 1.68. The summed E-state index contributed by atoms with van der Waals surface area (Å²) in [4.78, 5) is 4.78. The minimum Gasteiger partial charge on any atom is -0.436 e. The molecule has 3 aromatic carbocycles. The van der Waals surface area contributed by atoms with Crippen LogP contribution in [0.25, 0.3) is 33.7 Å². The fourth-order valence-electron chi connectivity index (χ4n) is 4.83. The second-order valence-electron chi connectivity index (χ2n) is 9.68. The van der Waals surface area contributed by atoms with Gasteiger partial charge in [0.05, 0.1) is 6.61 Å². The predicted octanol–water partition coefficient (Wildman–Crippen LogP) is 8.90. The van der Waals surface area contributed by atoms with Crippen LogP contribution in [0.15, 0.2) is 65.1 Å². The molecule has 1 N–H and O–H groups in total. The lowest BCUT2D eigenvalue weighted by Crippen LogP contribution is -1.94. The normalized spacial score (nSPS) is 11.4. The number of fused-ring (bicyclic) bond motifs is 1. The van der Waals surface area contributed by atoms with Gasteiger partial charge in [-0.3, -0.25) is 0 Å². The van der Waals surface area contributed by atoms with Crippen LogP contribution < -0.4 is 0 Å². The molecule has 0 fully saturated rings. The highest BCUT2D eigenvalue weighted by Gasteiger charge is 2.15. The van der Waals surface area contributed by atoms with E-state index in [0.29, 0.717) is 5.89 Å². The summed E-state index contributed by atoms with van der Waals surface area (Å²) >= 11 is 0. The average molecular weight is 470 g/mol. The number of aliphatic hydroxyl groups excluding tert-OH is 1. The lowest BCUT2D eigenvalue weighted by molar-refractivity contribution is 0.282. The van der Waals surface area contributed by atoms with Crippen molar-refractivity contribution >= 4 is 11.1 Å². The molecule has 0 aliphatic carbocycles. The highest BCUT2D eigenvalue weighted by Crippen LogP contribution is 2.35. The first-order valence-electron chi connectivity index (χ1n) is 13.4. The number of oxazole rings is 1. The largest absolute Gasteiger partial charge is 0.436 e. The van der Waals surface area contributed by atoms with Crippen LogP contribution in [0.1, 0.15) is 81.9 Å². The quantitative estimate of drug-likeness (QED) is 0.199. The Morgan fingerprint density at radius 2 is 1.34 bits per heavy atom. The monoisotopic (exact) mass is 469 g/mol. The molecule has 0 bridgehead atoms. The van der Waals surface area contributed by atoms with E-state index in [0.717, 1.165) is 40.6 Å². The predicted molar refractivity (Wildman–Crippen MR) is 146 cm³/mol. The Hall–Kier alpha value is -2.91. The number of aliphatic hydroxyl groups is 1. The van der Waals surface area contributed by atoms with E-state index < -0.39 is 0 Å². The van der Waals surface area contributed by atoms with E-state index in [1.54, 1.807) is 0 Å². The van der Waals surface area contributed by atoms with E-state index in [1.807, 2.05) is 24.3 Å². The maximum atomic E-state index is 9.49. The third-order valence-corrected chi connectivity index (χ3v) is 6.79. The van der Waals surface area contributed by atoms with Gasteiger partial charge in [0.2, 0.25) is 5.89 Å². The molecule has 0 amide bonds. The first-order valence-corrected chi connectivity index (χ1v) is 13.4. The van der Waals surface area contributed by atoms with Gasteiger partial charge in [-0.1, -0.05) is 94.8 Å². The van der Waals surface area contributed by atoms with Crippen molar-refractivity contribution in [1.82, 2.24) is 4.98 Å². The summed E-state index contributed by atoms with van der Waals surface area (Å²) < 4.78 is 6.17. The molecule has 3 heteroatoms. The molecule has 3 nitrogen and oxygen atoms in total. The Bertz CT molecular complexity index is 1190. The number of nitrogens with zero attached hydrogens (tertiary/aromatic N) is 1. The third-order valence-electron chi connectivity index (χ3n) is 6.79. The van der Waals surface area contributed by atoms with Crippen LogP contribution in [0.4, 0.5) is 0 Å². The van der Waals surface area contributed by atoms with Crippen LogP contribution in [-0.4, -0.2) is 10.1 Å². The van der Waals surface area contributed by atoms with Crippen molar-refractivity contribution in [2.24, 2.45) is 0 Å². The van der Waals surface area contributed by atoms with Gasteiger partial charge in [-0.2, -0.15) is 0 Å². The summed E-state index contributed by atoms with van der Waals surface area (Å²) in [6.07, 6.45) is 12.5. The summed E-state index contributed by atoms with van der Waals surface area (Å²) in [7, 11) is 0. The molecule has 0 atom stereocenters. The standard InChI is InChI=1S/C32H39NO2/c1-3-5-7-9-13-24-19-25(14-10-8-6-4-2)21-27(20-24)28-15-11-12-16-29(28)32-33-30-22-26(23-34)17-18-31(30)35-32/h11-12,15-22,34H,3-10,13-14,23H2,1-2H3. The van der Waals surface area contributed by atoms with E-state index in [2.05, 4.69) is 50.2 Å². The molecule has 0 saturated heterocycles. The maximum Gasteiger partial charge on any atom is 0.227 e. The summed E-state index contributed by atoms with van der Waals surface area (Å²) in [5, 5.41) is 9.49. The lowest BCUT2D eigenvalue weighted by Gasteiger charge is -2.13. The van der Waals surface area contributed by atoms with Gasteiger partial charge < -0.3 is 9.52 Å². The van der Waals surface area contributed by atoms with Gasteiger partial charge in [0, 0.05) is 5.56 Å². The molecule has 0 unspecified atom stereocenters. The fraction of sp³-hybridized carbons (Fsp3) is 0.406. The van der Waals surface area contributed by atoms with Crippen LogP contribution in [0.3, 0.4) is 0 Å². The highest BCUT2D eigenvalue weighted by molar-refractivity contribution is 5.84. The van der Waals surface area contributed by atoms with E-state index in [9.17, 15) is 5.11 Å². The first kappa shape index (κ1) is 25.2. The number of hydrogen-bond donors (Lipinski definition) is 1. The summed E-state index contributed by atoms with van der Waals surface area (Å²) in [5.41, 5.74) is 8.65. The van der Waals surface area contributed by atoms with Crippen molar-refractivity contribution in [3.8, 4) is 22.6 Å². The number of unbranched alkanes of at least 4 members (excludes halogenated alkanes) is 6.